The molecule has 0 saturated heterocycles. The molecule has 1 amide bonds. The van der Waals surface area contributed by atoms with Gasteiger partial charge in [-0.25, -0.2) is 0 Å². The van der Waals surface area contributed by atoms with E-state index in [9.17, 15) is 18.0 Å². The lowest BCUT2D eigenvalue weighted by Gasteiger charge is -2.07. The third-order valence-electron chi connectivity index (χ3n) is 1.91. The normalized spacial score (nSPS) is 11.4. The van der Waals surface area contributed by atoms with Crippen molar-refractivity contribution in [3.05, 3.63) is 35.4 Å². The summed E-state index contributed by atoms with van der Waals surface area (Å²) in [5, 5.41) is 2.70. The van der Waals surface area contributed by atoms with Crippen LogP contribution in [0.1, 0.15) is 11.1 Å². The van der Waals surface area contributed by atoms with Crippen LogP contribution < -0.4 is 11.1 Å². The molecule has 16 heavy (non-hydrogen) atoms. The number of carbonyl (C=O) groups is 1. The minimum Gasteiger partial charge on any atom is -0.369 e. The van der Waals surface area contributed by atoms with Crippen LogP contribution in [0.15, 0.2) is 24.3 Å². The van der Waals surface area contributed by atoms with Crippen LogP contribution >= 0.6 is 0 Å². The van der Waals surface area contributed by atoms with Gasteiger partial charge in [0.25, 0.3) is 0 Å². The lowest BCUT2D eigenvalue weighted by molar-refractivity contribution is -0.137. The molecule has 1 rings (SSSR count). The zero-order chi connectivity index (χ0) is 12.2. The summed E-state index contributed by atoms with van der Waals surface area (Å²) in [6.45, 7) is 0.308. The van der Waals surface area contributed by atoms with E-state index in [4.69, 9.17) is 5.73 Å². The number of hydrogen-bond donors (Lipinski definition) is 2. The SMILES string of the molecule is NC(=O)CNCc1ccc(C(F)(F)F)cc1. The van der Waals surface area contributed by atoms with Crippen molar-refractivity contribution in [2.75, 3.05) is 6.54 Å². The molecule has 0 spiro atoms. The Morgan fingerprint density at radius 1 is 1.25 bits per heavy atom. The van der Waals surface area contributed by atoms with Crippen molar-refractivity contribution in [1.82, 2.24) is 5.32 Å². The highest BCUT2D eigenvalue weighted by Gasteiger charge is 2.29. The first kappa shape index (κ1) is 12.5. The van der Waals surface area contributed by atoms with Gasteiger partial charge in [0.05, 0.1) is 12.1 Å². The maximum atomic E-state index is 12.2. The van der Waals surface area contributed by atoms with Crippen LogP contribution in [0.4, 0.5) is 13.2 Å². The van der Waals surface area contributed by atoms with E-state index in [0.717, 1.165) is 12.1 Å². The summed E-state index contributed by atoms with van der Waals surface area (Å²) in [6, 6.07) is 4.72. The first-order valence-corrected chi connectivity index (χ1v) is 4.55. The first-order valence-electron chi connectivity index (χ1n) is 4.55. The van der Waals surface area contributed by atoms with Gasteiger partial charge >= 0.3 is 6.18 Å². The van der Waals surface area contributed by atoms with Crippen molar-refractivity contribution in [2.45, 2.75) is 12.7 Å². The Hall–Kier alpha value is -1.56. The molecule has 0 saturated carbocycles. The molecule has 0 unspecified atom stereocenters. The van der Waals surface area contributed by atoms with Crippen LogP contribution in [0, 0.1) is 0 Å². The molecule has 0 atom stereocenters. The molecular weight excluding hydrogens is 221 g/mol. The second-order valence-electron chi connectivity index (χ2n) is 3.26. The fraction of sp³-hybridized carbons (Fsp3) is 0.300. The van der Waals surface area contributed by atoms with Gasteiger partial charge < -0.3 is 11.1 Å². The Morgan fingerprint density at radius 2 is 1.81 bits per heavy atom. The standard InChI is InChI=1S/C10H11F3N2O/c11-10(12,13)8-3-1-7(2-4-8)5-15-6-9(14)16/h1-4,15H,5-6H2,(H2,14,16). The molecule has 3 N–H and O–H groups in total. The van der Waals surface area contributed by atoms with Gasteiger partial charge in [0.15, 0.2) is 0 Å². The number of rotatable bonds is 4. The number of alkyl halides is 3. The Balaban J connectivity index is 2.55. The van der Waals surface area contributed by atoms with E-state index in [1.165, 1.54) is 12.1 Å². The second-order valence-corrected chi connectivity index (χ2v) is 3.26. The van der Waals surface area contributed by atoms with Crippen LogP contribution in [0.5, 0.6) is 0 Å². The highest BCUT2D eigenvalue weighted by atomic mass is 19.4. The van der Waals surface area contributed by atoms with Crippen molar-refractivity contribution >= 4 is 5.91 Å². The molecule has 0 aliphatic rings. The van der Waals surface area contributed by atoms with Gasteiger partial charge in [-0.2, -0.15) is 13.2 Å². The maximum Gasteiger partial charge on any atom is 0.416 e. The average Bonchev–Trinajstić information content (AvgIpc) is 2.16. The highest BCUT2D eigenvalue weighted by molar-refractivity contribution is 5.75. The Morgan fingerprint density at radius 3 is 2.25 bits per heavy atom. The van der Waals surface area contributed by atoms with Gasteiger partial charge in [0.1, 0.15) is 0 Å². The number of primary amides is 1. The number of hydrogen-bond acceptors (Lipinski definition) is 2. The summed E-state index contributed by atoms with van der Waals surface area (Å²) in [4.78, 5) is 10.4. The molecule has 0 fully saturated rings. The summed E-state index contributed by atoms with van der Waals surface area (Å²) in [7, 11) is 0. The van der Waals surface area contributed by atoms with E-state index in [0.29, 0.717) is 12.1 Å². The lowest BCUT2D eigenvalue weighted by Crippen LogP contribution is -2.28. The molecule has 88 valence electrons. The smallest absolute Gasteiger partial charge is 0.369 e. The summed E-state index contributed by atoms with van der Waals surface area (Å²) < 4.78 is 36.6. The van der Waals surface area contributed by atoms with E-state index >= 15 is 0 Å². The van der Waals surface area contributed by atoms with Crippen LogP contribution in [0.25, 0.3) is 0 Å². The summed E-state index contributed by atoms with van der Waals surface area (Å²) in [5.41, 5.74) is 4.86. The molecule has 1 aromatic carbocycles. The zero-order valence-electron chi connectivity index (χ0n) is 8.34. The highest BCUT2D eigenvalue weighted by Crippen LogP contribution is 2.28. The van der Waals surface area contributed by atoms with Crippen LogP contribution in [-0.2, 0) is 17.5 Å². The fourth-order valence-electron chi connectivity index (χ4n) is 1.14. The van der Waals surface area contributed by atoms with Crippen molar-refractivity contribution in [1.29, 1.82) is 0 Å². The number of carbonyl (C=O) groups excluding carboxylic acids is 1. The lowest BCUT2D eigenvalue weighted by atomic mass is 10.1. The first-order chi connectivity index (χ1) is 7.39. The quantitative estimate of drug-likeness (QED) is 0.821. The third kappa shape index (κ3) is 3.90. The predicted octanol–water partition coefficient (Wildman–Crippen LogP) is 1.28. The van der Waals surface area contributed by atoms with Gasteiger partial charge in [-0.1, -0.05) is 12.1 Å². The van der Waals surface area contributed by atoms with E-state index in [1.807, 2.05) is 0 Å². The number of nitrogens with one attached hydrogen (secondary N) is 1. The van der Waals surface area contributed by atoms with Crippen LogP contribution in [0.3, 0.4) is 0 Å². The van der Waals surface area contributed by atoms with Crippen LogP contribution in [-0.4, -0.2) is 12.5 Å². The molecular formula is C10H11F3N2O. The third-order valence-corrected chi connectivity index (χ3v) is 1.91. The van der Waals surface area contributed by atoms with Crippen molar-refractivity contribution in [3.63, 3.8) is 0 Å². The molecule has 0 aromatic heterocycles. The summed E-state index contributed by atoms with van der Waals surface area (Å²) >= 11 is 0. The molecule has 1 aromatic rings. The minimum atomic E-state index is -4.32. The van der Waals surface area contributed by atoms with Gasteiger partial charge in [-0.3, -0.25) is 4.79 Å². The minimum absolute atomic E-state index is 0.00101. The Labute approximate surface area is 90.4 Å². The van der Waals surface area contributed by atoms with Gasteiger partial charge in [0.2, 0.25) is 5.91 Å². The van der Waals surface area contributed by atoms with E-state index in [2.05, 4.69) is 5.32 Å². The van der Waals surface area contributed by atoms with Gasteiger partial charge in [0, 0.05) is 6.54 Å². The van der Waals surface area contributed by atoms with Crippen molar-refractivity contribution in [2.24, 2.45) is 5.73 Å². The van der Waals surface area contributed by atoms with Gasteiger partial charge in [-0.15, -0.1) is 0 Å². The monoisotopic (exact) mass is 232 g/mol. The molecule has 3 nitrogen and oxygen atoms in total. The molecule has 0 aliphatic carbocycles. The molecule has 6 heteroatoms. The van der Waals surface area contributed by atoms with Crippen LogP contribution in [0.2, 0.25) is 0 Å². The Bertz CT molecular complexity index is 359. The fourth-order valence-corrected chi connectivity index (χ4v) is 1.14. The maximum absolute atomic E-state index is 12.2. The van der Waals surface area contributed by atoms with E-state index in [1.54, 1.807) is 0 Å². The summed E-state index contributed by atoms with van der Waals surface area (Å²) in [5.74, 6) is -0.507. The molecule has 0 heterocycles. The van der Waals surface area contributed by atoms with E-state index < -0.39 is 17.6 Å². The molecule has 0 bridgehead atoms. The van der Waals surface area contributed by atoms with Gasteiger partial charge in [-0.05, 0) is 17.7 Å². The predicted molar refractivity (Wildman–Crippen MR) is 52.3 cm³/mol. The molecule has 0 aliphatic heterocycles. The topological polar surface area (TPSA) is 55.1 Å². The number of amides is 1. The number of nitrogens with two attached hydrogens (primary N) is 1. The second kappa shape index (κ2) is 4.98. The number of benzene rings is 1. The number of halogens is 3. The average molecular weight is 232 g/mol. The van der Waals surface area contributed by atoms with Crippen molar-refractivity contribution in [3.8, 4) is 0 Å². The summed E-state index contributed by atoms with van der Waals surface area (Å²) in [6.07, 6.45) is -4.32. The molecule has 0 radical (unpaired) electrons. The van der Waals surface area contributed by atoms with E-state index in [-0.39, 0.29) is 6.54 Å². The zero-order valence-corrected chi connectivity index (χ0v) is 8.34. The largest absolute Gasteiger partial charge is 0.416 e. The Kier molecular flexibility index (Phi) is 3.89. The van der Waals surface area contributed by atoms with Crippen molar-refractivity contribution < 1.29 is 18.0 Å².